The zero-order valence-electron chi connectivity index (χ0n) is 13.9. The molecule has 1 saturated carbocycles. The first-order chi connectivity index (χ1) is 10.7. The molecular weight excluding hydrogens is 296 g/mol. The van der Waals surface area contributed by atoms with Crippen LogP contribution in [0.4, 0.5) is 0 Å². The summed E-state index contributed by atoms with van der Waals surface area (Å²) in [6, 6.07) is 0. The Balaban J connectivity index is 2.05. The van der Waals surface area contributed by atoms with E-state index in [0.717, 1.165) is 10.1 Å². The highest BCUT2D eigenvalue weighted by Gasteiger charge is 2.61. The minimum atomic E-state index is -0.510. The lowest BCUT2D eigenvalue weighted by atomic mass is 10.1. The van der Waals surface area contributed by atoms with Crippen LogP contribution in [-0.4, -0.2) is 20.2 Å². The van der Waals surface area contributed by atoms with E-state index in [1.807, 2.05) is 27.7 Å². The topological polar surface area (TPSA) is 73.5 Å². The van der Waals surface area contributed by atoms with Gasteiger partial charge in [-0.1, -0.05) is 31.4 Å². The molecule has 0 amide bonds. The van der Waals surface area contributed by atoms with Crippen LogP contribution in [0.25, 0.3) is 0 Å². The summed E-state index contributed by atoms with van der Waals surface area (Å²) in [7, 11) is 0. The average molecular weight is 318 g/mol. The molecule has 0 aromatic carbocycles. The van der Waals surface area contributed by atoms with Crippen molar-refractivity contribution in [1.82, 2.24) is 9.13 Å². The molecule has 1 heterocycles. The molecule has 1 aliphatic rings. The van der Waals surface area contributed by atoms with Crippen molar-refractivity contribution in [1.29, 1.82) is 0 Å². The van der Waals surface area contributed by atoms with E-state index in [1.54, 1.807) is 0 Å². The van der Waals surface area contributed by atoms with Gasteiger partial charge in [-0.15, -0.1) is 6.42 Å². The Morgan fingerprint density at radius 3 is 2.74 bits per heavy atom. The highest BCUT2D eigenvalue weighted by molar-refractivity contribution is 5.78. The van der Waals surface area contributed by atoms with Gasteiger partial charge in [0, 0.05) is 0 Å². The van der Waals surface area contributed by atoms with Crippen molar-refractivity contribution in [3.8, 4) is 18.2 Å². The number of hydrogen-bond acceptors (Lipinski definition) is 4. The molecule has 1 aromatic rings. The maximum atomic E-state index is 12.3. The fraction of sp³-hybridized carbons (Fsp3) is 0.529. The number of nitrogens with zero attached hydrogens (tertiary/aromatic N) is 2. The van der Waals surface area contributed by atoms with Gasteiger partial charge in [0.2, 0.25) is 5.88 Å². The largest absolute Gasteiger partial charge is 0.493 e. The van der Waals surface area contributed by atoms with Gasteiger partial charge in [0.1, 0.15) is 0 Å². The van der Waals surface area contributed by atoms with Crippen LogP contribution in [0.1, 0.15) is 27.7 Å². The first-order valence-electron chi connectivity index (χ1n) is 7.44. The number of ether oxygens (including phenoxy) is 1. The van der Waals surface area contributed by atoms with E-state index in [9.17, 15) is 14.7 Å². The Labute approximate surface area is 135 Å². The molecule has 6 heteroatoms. The fourth-order valence-electron chi connectivity index (χ4n) is 2.87. The summed E-state index contributed by atoms with van der Waals surface area (Å²) in [4.78, 5) is 24.2. The van der Waals surface area contributed by atoms with Crippen molar-refractivity contribution in [2.45, 2.75) is 41.0 Å². The number of imidazole rings is 1. The molecule has 6 nitrogen and oxygen atoms in total. The zero-order chi connectivity index (χ0) is 17.4. The number of aromatic hydroxyl groups is 1. The number of carbonyl (C=O) groups excluding carboxylic acids is 1. The lowest BCUT2D eigenvalue weighted by Crippen LogP contribution is -2.26. The molecule has 23 heavy (non-hydrogen) atoms. The van der Waals surface area contributed by atoms with E-state index in [4.69, 9.17) is 11.2 Å². The molecule has 0 saturated heterocycles. The first kappa shape index (κ1) is 16.9. The van der Waals surface area contributed by atoms with E-state index in [1.165, 1.54) is 10.8 Å². The molecule has 1 aliphatic carbocycles. The molecule has 2 rings (SSSR count). The molecule has 0 aliphatic heterocycles. The Morgan fingerprint density at radius 2 is 2.17 bits per heavy atom. The number of carbonyl (C=O) groups is 1. The summed E-state index contributed by atoms with van der Waals surface area (Å²) in [5.41, 5.74) is 0.485. The van der Waals surface area contributed by atoms with Crippen LogP contribution in [-0.2, 0) is 22.8 Å². The molecule has 1 fully saturated rings. The van der Waals surface area contributed by atoms with Crippen LogP contribution in [0.15, 0.2) is 22.6 Å². The predicted octanol–water partition coefficient (Wildman–Crippen LogP) is 1.73. The summed E-state index contributed by atoms with van der Waals surface area (Å²) in [5, 5.41) is 9.75. The predicted molar refractivity (Wildman–Crippen MR) is 85.5 cm³/mol. The molecular formula is C17H22N2O4. The molecule has 124 valence electrons. The van der Waals surface area contributed by atoms with E-state index in [2.05, 4.69) is 12.0 Å². The van der Waals surface area contributed by atoms with Gasteiger partial charge in [0.25, 0.3) is 0 Å². The van der Waals surface area contributed by atoms with Crippen LogP contribution in [0.5, 0.6) is 5.88 Å². The molecule has 1 N–H and O–H groups in total. The molecule has 0 spiro atoms. The van der Waals surface area contributed by atoms with E-state index in [0.29, 0.717) is 0 Å². The van der Waals surface area contributed by atoms with Gasteiger partial charge >= 0.3 is 11.7 Å². The zero-order valence-corrected chi connectivity index (χ0v) is 13.9. The Kier molecular flexibility index (Phi) is 4.42. The molecule has 0 bridgehead atoms. The standard InChI is InChI=1S/C17H22N2O4/c1-6-7-18-9-13(20)19(16(18)22)10-23-15(21)14-12(8-11(2)3)17(14,4)5/h1,8-9,12,14,20H,7,10H2,2-5H3/t12?,14-/m0/s1. The molecule has 2 atom stereocenters. The number of aromatic nitrogens is 2. The van der Waals surface area contributed by atoms with Gasteiger partial charge in [-0.2, -0.15) is 0 Å². The van der Waals surface area contributed by atoms with Crippen molar-refractivity contribution in [3.05, 3.63) is 28.3 Å². The van der Waals surface area contributed by atoms with Crippen molar-refractivity contribution in [3.63, 3.8) is 0 Å². The van der Waals surface area contributed by atoms with Crippen LogP contribution < -0.4 is 5.69 Å². The Bertz CT molecular complexity index is 742. The quantitative estimate of drug-likeness (QED) is 0.510. The van der Waals surface area contributed by atoms with Gasteiger partial charge in [-0.3, -0.25) is 9.36 Å². The summed E-state index contributed by atoms with van der Waals surface area (Å²) < 4.78 is 7.37. The van der Waals surface area contributed by atoms with Crippen LogP contribution >= 0.6 is 0 Å². The van der Waals surface area contributed by atoms with E-state index < -0.39 is 5.69 Å². The van der Waals surface area contributed by atoms with E-state index in [-0.39, 0.29) is 42.4 Å². The van der Waals surface area contributed by atoms with Gasteiger partial charge in [-0.05, 0) is 25.2 Å². The number of rotatable bonds is 5. The third-order valence-corrected chi connectivity index (χ3v) is 4.30. The van der Waals surface area contributed by atoms with Crippen LogP contribution in [0.2, 0.25) is 0 Å². The Morgan fingerprint density at radius 1 is 1.52 bits per heavy atom. The first-order valence-corrected chi connectivity index (χ1v) is 7.44. The van der Waals surface area contributed by atoms with Gasteiger partial charge in [0.05, 0.1) is 18.7 Å². The number of allylic oxidation sites excluding steroid dienone is 2. The number of esters is 1. The van der Waals surface area contributed by atoms with Gasteiger partial charge < -0.3 is 9.84 Å². The SMILES string of the molecule is C#CCn1cc(O)n(COC(=O)[C@@H]2C(C=C(C)C)C2(C)C)c1=O. The highest BCUT2D eigenvalue weighted by atomic mass is 16.5. The van der Waals surface area contributed by atoms with Crippen LogP contribution in [0.3, 0.4) is 0 Å². The van der Waals surface area contributed by atoms with Crippen molar-refractivity contribution in [2.75, 3.05) is 0 Å². The minimum absolute atomic E-state index is 0.0473. The second-order valence-corrected chi connectivity index (χ2v) is 6.69. The fourth-order valence-corrected chi connectivity index (χ4v) is 2.87. The number of hydrogen-bond donors (Lipinski definition) is 1. The van der Waals surface area contributed by atoms with Gasteiger partial charge in [0.15, 0.2) is 6.73 Å². The second-order valence-electron chi connectivity index (χ2n) is 6.69. The summed E-state index contributed by atoms with van der Waals surface area (Å²) in [6.45, 7) is 7.72. The van der Waals surface area contributed by atoms with Crippen molar-refractivity contribution in [2.24, 2.45) is 17.3 Å². The Hall–Kier alpha value is -2.42. The average Bonchev–Trinajstić information content (AvgIpc) is 2.85. The maximum absolute atomic E-state index is 12.3. The molecule has 1 aromatic heterocycles. The lowest BCUT2D eigenvalue weighted by Gasteiger charge is -2.06. The van der Waals surface area contributed by atoms with E-state index >= 15 is 0 Å². The highest BCUT2D eigenvalue weighted by Crippen LogP contribution is 2.59. The smallest absolute Gasteiger partial charge is 0.334 e. The second kappa shape index (κ2) is 5.99. The minimum Gasteiger partial charge on any atom is -0.493 e. The van der Waals surface area contributed by atoms with Crippen molar-refractivity contribution >= 4 is 5.97 Å². The summed E-state index contributed by atoms with van der Waals surface area (Å²) >= 11 is 0. The lowest BCUT2D eigenvalue weighted by molar-refractivity contribution is -0.150. The summed E-state index contributed by atoms with van der Waals surface area (Å²) in [5.74, 6) is 1.57. The maximum Gasteiger partial charge on any atom is 0.334 e. The molecule has 1 unspecified atom stereocenters. The van der Waals surface area contributed by atoms with Gasteiger partial charge in [-0.25, -0.2) is 9.36 Å². The number of terminal acetylenes is 1. The molecule has 0 radical (unpaired) electrons. The monoisotopic (exact) mass is 318 g/mol. The summed E-state index contributed by atoms with van der Waals surface area (Å²) in [6.07, 6.45) is 8.45. The third-order valence-electron chi connectivity index (χ3n) is 4.30. The van der Waals surface area contributed by atoms with Crippen LogP contribution in [0, 0.1) is 29.6 Å². The van der Waals surface area contributed by atoms with Crippen molar-refractivity contribution < 1.29 is 14.6 Å². The third kappa shape index (κ3) is 3.19. The normalized spacial score (nSPS) is 21.3.